The van der Waals surface area contributed by atoms with Gasteiger partial charge in [-0.15, -0.1) is 0 Å². The second kappa shape index (κ2) is 4.13. The average molecular weight is 229 g/mol. The van der Waals surface area contributed by atoms with E-state index >= 15 is 0 Å². The third-order valence-electron chi connectivity index (χ3n) is 2.60. The molecule has 0 spiro atoms. The molecule has 17 heavy (non-hydrogen) atoms. The Kier molecular flexibility index (Phi) is 2.79. The lowest BCUT2D eigenvalue weighted by Gasteiger charge is -2.07. The Labute approximate surface area is 99.6 Å². The predicted molar refractivity (Wildman–Crippen MR) is 68.9 cm³/mol. The Hall–Kier alpha value is -1.97. The summed E-state index contributed by atoms with van der Waals surface area (Å²) < 4.78 is 1.50. The van der Waals surface area contributed by atoms with Crippen molar-refractivity contribution in [3.05, 3.63) is 41.2 Å². The lowest BCUT2D eigenvalue weighted by molar-refractivity contribution is 0.782. The van der Waals surface area contributed by atoms with E-state index < -0.39 is 0 Å². The molecule has 0 atom stereocenters. The Morgan fingerprint density at radius 1 is 1.47 bits per heavy atom. The molecule has 0 aliphatic heterocycles. The van der Waals surface area contributed by atoms with E-state index in [-0.39, 0.29) is 11.5 Å². The summed E-state index contributed by atoms with van der Waals surface area (Å²) in [5.74, 6) is 1.01. The molecule has 0 fully saturated rings. The van der Waals surface area contributed by atoms with Crippen LogP contribution >= 0.6 is 0 Å². The van der Waals surface area contributed by atoms with E-state index in [0.29, 0.717) is 16.6 Å². The van der Waals surface area contributed by atoms with Crippen LogP contribution in [0.2, 0.25) is 0 Å². The van der Waals surface area contributed by atoms with E-state index in [0.717, 1.165) is 5.82 Å². The van der Waals surface area contributed by atoms with Crippen LogP contribution in [0.5, 0.6) is 0 Å². The molecule has 4 heteroatoms. The van der Waals surface area contributed by atoms with Gasteiger partial charge in [-0.05, 0) is 13.0 Å². The van der Waals surface area contributed by atoms with Gasteiger partial charge in [0.2, 0.25) is 0 Å². The second-order valence-corrected chi connectivity index (χ2v) is 4.41. The van der Waals surface area contributed by atoms with Gasteiger partial charge in [0.15, 0.2) is 0 Å². The fourth-order valence-corrected chi connectivity index (χ4v) is 1.62. The number of allylic oxidation sites excluding steroid dienone is 1. The quantitative estimate of drug-likeness (QED) is 0.794. The molecular weight excluding hydrogens is 214 g/mol. The minimum Gasteiger partial charge on any atom is -0.288 e. The van der Waals surface area contributed by atoms with Gasteiger partial charge in [-0.2, -0.15) is 0 Å². The van der Waals surface area contributed by atoms with E-state index in [1.807, 2.05) is 19.9 Å². The Balaban J connectivity index is 2.73. The lowest BCUT2D eigenvalue weighted by atomic mass is 10.2. The van der Waals surface area contributed by atoms with Crippen LogP contribution in [0.4, 0.5) is 0 Å². The number of rotatable bonds is 2. The summed E-state index contributed by atoms with van der Waals surface area (Å²) in [6, 6.07) is 1.82. The average Bonchev–Trinajstić information content (AvgIpc) is 2.28. The number of fused-ring (bicyclic) bond motifs is 1. The highest BCUT2D eigenvalue weighted by Crippen LogP contribution is 2.12. The minimum atomic E-state index is -0.120. The van der Waals surface area contributed by atoms with Crippen LogP contribution in [0.25, 0.3) is 16.6 Å². The Morgan fingerprint density at radius 3 is 2.76 bits per heavy atom. The maximum absolute atomic E-state index is 12.1. The van der Waals surface area contributed by atoms with Crippen LogP contribution in [0.1, 0.15) is 32.5 Å². The van der Waals surface area contributed by atoms with Gasteiger partial charge >= 0.3 is 0 Å². The van der Waals surface area contributed by atoms with Gasteiger partial charge in [0.05, 0.1) is 10.9 Å². The summed E-state index contributed by atoms with van der Waals surface area (Å²) >= 11 is 0. The minimum absolute atomic E-state index is 0.120. The van der Waals surface area contributed by atoms with Gasteiger partial charge in [-0.3, -0.25) is 9.36 Å². The summed E-state index contributed by atoms with van der Waals surface area (Å²) in [5.41, 5.74) is 1.25. The molecular formula is C13H15N3O. The largest absolute Gasteiger partial charge is 0.288 e. The van der Waals surface area contributed by atoms with E-state index in [4.69, 9.17) is 0 Å². The topological polar surface area (TPSA) is 47.8 Å². The van der Waals surface area contributed by atoms with Crippen molar-refractivity contribution in [1.29, 1.82) is 0 Å². The van der Waals surface area contributed by atoms with Gasteiger partial charge in [0.25, 0.3) is 5.56 Å². The molecule has 0 saturated carbocycles. The van der Waals surface area contributed by atoms with Crippen molar-refractivity contribution in [2.24, 2.45) is 0 Å². The zero-order chi connectivity index (χ0) is 12.6. The molecule has 2 aromatic rings. The number of hydrogen-bond acceptors (Lipinski definition) is 3. The number of hydrogen-bond donors (Lipinski definition) is 0. The van der Waals surface area contributed by atoms with E-state index in [9.17, 15) is 4.79 Å². The van der Waals surface area contributed by atoms with Gasteiger partial charge in [-0.25, -0.2) is 9.97 Å². The summed E-state index contributed by atoms with van der Waals surface area (Å²) in [7, 11) is 0. The molecule has 0 aromatic carbocycles. The van der Waals surface area contributed by atoms with Crippen LogP contribution in [-0.4, -0.2) is 14.5 Å². The first-order chi connectivity index (χ1) is 8.00. The molecule has 0 aliphatic carbocycles. The van der Waals surface area contributed by atoms with E-state index in [1.54, 1.807) is 19.3 Å². The first-order valence-electron chi connectivity index (χ1n) is 5.55. The molecule has 0 radical (unpaired) electrons. The van der Waals surface area contributed by atoms with Crippen molar-refractivity contribution in [2.75, 3.05) is 0 Å². The van der Waals surface area contributed by atoms with Gasteiger partial charge < -0.3 is 0 Å². The molecule has 88 valence electrons. The van der Waals surface area contributed by atoms with Crippen LogP contribution in [-0.2, 0) is 0 Å². The third kappa shape index (κ3) is 1.98. The van der Waals surface area contributed by atoms with Crippen molar-refractivity contribution < 1.29 is 0 Å². The molecule has 2 aromatic heterocycles. The highest BCUT2D eigenvalue weighted by molar-refractivity contribution is 5.77. The lowest BCUT2D eigenvalue weighted by Crippen LogP contribution is -2.18. The fraction of sp³-hybridized carbons (Fsp3) is 0.308. The third-order valence-corrected chi connectivity index (χ3v) is 2.60. The molecule has 0 amide bonds. The number of aromatic nitrogens is 3. The van der Waals surface area contributed by atoms with Crippen molar-refractivity contribution >= 4 is 16.6 Å². The standard InChI is InChI=1S/C13H15N3O/c1-8(2)12-14-7-10-11(15-12)5-6-16(9(3)4)13(10)17/h5-8H,3H2,1-2,4H3. The summed E-state index contributed by atoms with van der Waals surface area (Å²) in [6.45, 7) is 9.60. The monoisotopic (exact) mass is 229 g/mol. The fourth-order valence-electron chi connectivity index (χ4n) is 1.62. The van der Waals surface area contributed by atoms with Gasteiger partial charge in [0.1, 0.15) is 5.82 Å². The number of pyridine rings is 1. The molecule has 0 bridgehead atoms. The zero-order valence-corrected chi connectivity index (χ0v) is 10.3. The molecule has 2 heterocycles. The highest BCUT2D eigenvalue weighted by Gasteiger charge is 2.08. The van der Waals surface area contributed by atoms with Crippen molar-refractivity contribution in [3.63, 3.8) is 0 Å². The summed E-state index contributed by atoms with van der Waals surface area (Å²) in [5, 5.41) is 0.528. The number of nitrogens with zero attached hydrogens (tertiary/aromatic N) is 3. The molecule has 0 unspecified atom stereocenters. The van der Waals surface area contributed by atoms with E-state index in [2.05, 4.69) is 16.5 Å². The maximum atomic E-state index is 12.1. The van der Waals surface area contributed by atoms with Gasteiger partial charge in [-0.1, -0.05) is 20.4 Å². The summed E-state index contributed by atoms with van der Waals surface area (Å²) in [4.78, 5) is 20.7. The highest BCUT2D eigenvalue weighted by atomic mass is 16.1. The first-order valence-corrected chi connectivity index (χ1v) is 5.55. The Bertz CT molecular complexity index is 641. The van der Waals surface area contributed by atoms with Crippen LogP contribution in [0.15, 0.2) is 29.8 Å². The zero-order valence-electron chi connectivity index (χ0n) is 10.3. The maximum Gasteiger partial charge on any atom is 0.265 e. The Morgan fingerprint density at radius 2 is 2.18 bits per heavy atom. The molecule has 0 aliphatic rings. The molecule has 0 saturated heterocycles. The molecule has 2 rings (SSSR count). The smallest absolute Gasteiger partial charge is 0.265 e. The van der Waals surface area contributed by atoms with E-state index in [1.165, 1.54) is 4.57 Å². The second-order valence-electron chi connectivity index (χ2n) is 4.41. The normalized spacial score (nSPS) is 11.1. The SMILES string of the molecule is C=C(C)n1ccc2nc(C(C)C)ncc2c1=O. The van der Waals surface area contributed by atoms with Crippen molar-refractivity contribution in [2.45, 2.75) is 26.7 Å². The van der Waals surface area contributed by atoms with Crippen LogP contribution in [0, 0.1) is 0 Å². The first kappa shape index (κ1) is 11.5. The van der Waals surface area contributed by atoms with Crippen molar-refractivity contribution in [3.8, 4) is 0 Å². The predicted octanol–water partition coefficient (Wildman–Crippen LogP) is 2.41. The summed E-state index contributed by atoms with van der Waals surface area (Å²) in [6.07, 6.45) is 3.30. The molecule has 0 N–H and O–H groups in total. The van der Waals surface area contributed by atoms with Crippen LogP contribution < -0.4 is 5.56 Å². The van der Waals surface area contributed by atoms with Crippen molar-refractivity contribution in [1.82, 2.24) is 14.5 Å². The molecule has 4 nitrogen and oxygen atoms in total. The van der Waals surface area contributed by atoms with Gasteiger partial charge in [0, 0.05) is 24.0 Å². The van der Waals surface area contributed by atoms with Crippen LogP contribution in [0.3, 0.4) is 0 Å².